The molecule has 0 radical (unpaired) electrons. The van der Waals surface area contributed by atoms with Crippen molar-refractivity contribution in [2.75, 3.05) is 19.7 Å². The molecule has 2 aliphatic heterocycles. The van der Waals surface area contributed by atoms with Crippen molar-refractivity contribution in [1.29, 1.82) is 0 Å². The standard InChI is InChI=1S/C16H22N6O2S/c23-16(22-6-3-11(4-7-22)15-17-5-9-25-15)18-10-13-19-14(21-20-13)12-2-1-8-24-12/h5,9,11-12H,1-4,6-8,10H2,(H,18,23)(H,19,20,21). The van der Waals surface area contributed by atoms with Crippen LogP contribution in [0.2, 0.25) is 0 Å². The molecule has 2 saturated heterocycles. The number of carbonyl (C=O) groups excluding carboxylic acids is 1. The number of piperidine rings is 1. The van der Waals surface area contributed by atoms with Crippen LogP contribution < -0.4 is 5.32 Å². The average Bonchev–Trinajstić information content (AvgIpc) is 3.42. The zero-order chi connectivity index (χ0) is 17.1. The summed E-state index contributed by atoms with van der Waals surface area (Å²) >= 11 is 1.70. The van der Waals surface area contributed by atoms with Crippen LogP contribution in [0.1, 0.15) is 54.4 Å². The van der Waals surface area contributed by atoms with Gasteiger partial charge in [-0.2, -0.15) is 5.10 Å². The van der Waals surface area contributed by atoms with E-state index in [1.54, 1.807) is 11.3 Å². The number of hydrogen-bond acceptors (Lipinski definition) is 6. The van der Waals surface area contributed by atoms with Crippen LogP contribution in [0.3, 0.4) is 0 Å². The number of aromatic nitrogens is 4. The van der Waals surface area contributed by atoms with Crippen molar-refractivity contribution < 1.29 is 9.53 Å². The SMILES string of the molecule is O=C(NCc1nc(C2CCCO2)n[nH]1)N1CCC(c2nccs2)CC1. The lowest BCUT2D eigenvalue weighted by Gasteiger charge is -2.31. The lowest BCUT2D eigenvalue weighted by molar-refractivity contribution is 0.105. The molecule has 2 fully saturated rings. The van der Waals surface area contributed by atoms with E-state index in [1.165, 1.54) is 5.01 Å². The van der Waals surface area contributed by atoms with Crippen LogP contribution in [-0.2, 0) is 11.3 Å². The van der Waals surface area contributed by atoms with E-state index in [2.05, 4.69) is 25.5 Å². The molecule has 0 saturated carbocycles. The Kier molecular flexibility index (Phi) is 4.93. The number of hydrogen-bond donors (Lipinski definition) is 2. The first kappa shape index (κ1) is 16.5. The summed E-state index contributed by atoms with van der Waals surface area (Å²) in [4.78, 5) is 23.0. The number of likely N-dealkylation sites (tertiary alicyclic amines) is 1. The van der Waals surface area contributed by atoms with Gasteiger partial charge in [0.1, 0.15) is 11.9 Å². The normalized spacial score (nSPS) is 21.6. The number of nitrogens with one attached hydrogen (secondary N) is 2. The number of thiazole rings is 1. The lowest BCUT2D eigenvalue weighted by atomic mass is 9.98. The molecular weight excluding hydrogens is 340 g/mol. The molecule has 0 spiro atoms. The van der Waals surface area contributed by atoms with Gasteiger partial charge in [-0.05, 0) is 25.7 Å². The molecule has 2 aliphatic rings. The Hall–Kier alpha value is -2.00. The highest BCUT2D eigenvalue weighted by Crippen LogP contribution is 2.29. The van der Waals surface area contributed by atoms with Crippen molar-refractivity contribution in [3.05, 3.63) is 28.2 Å². The molecule has 2 N–H and O–H groups in total. The molecule has 1 atom stereocenters. The number of rotatable bonds is 4. The predicted octanol–water partition coefficient (Wildman–Crippen LogP) is 2.20. The molecule has 4 heterocycles. The maximum absolute atomic E-state index is 12.3. The monoisotopic (exact) mass is 362 g/mol. The van der Waals surface area contributed by atoms with Gasteiger partial charge in [0.15, 0.2) is 5.82 Å². The Morgan fingerprint density at radius 2 is 2.28 bits per heavy atom. The van der Waals surface area contributed by atoms with Gasteiger partial charge in [0, 0.05) is 37.2 Å². The first-order valence-corrected chi connectivity index (χ1v) is 9.62. The van der Waals surface area contributed by atoms with Crippen molar-refractivity contribution in [2.24, 2.45) is 0 Å². The third-order valence-corrected chi connectivity index (χ3v) is 5.69. The van der Waals surface area contributed by atoms with Crippen molar-refractivity contribution in [2.45, 2.75) is 44.2 Å². The van der Waals surface area contributed by atoms with Crippen LogP contribution in [0.25, 0.3) is 0 Å². The highest BCUT2D eigenvalue weighted by Gasteiger charge is 2.25. The molecule has 8 nitrogen and oxygen atoms in total. The fraction of sp³-hybridized carbons (Fsp3) is 0.625. The zero-order valence-electron chi connectivity index (χ0n) is 14.0. The predicted molar refractivity (Wildman–Crippen MR) is 92.2 cm³/mol. The smallest absolute Gasteiger partial charge is 0.317 e. The summed E-state index contributed by atoms with van der Waals surface area (Å²) in [6, 6.07) is -0.0485. The summed E-state index contributed by atoms with van der Waals surface area (Å²) in [6.45, 7) is 2.63. The average molecular weight is 362 g/mol. The van der Waals surface area contributed by atoms with E-state index in [4.69, 9.17) is 4.74 Å². The molecule has 9 heteroatoms. The molecule has 2 aromatic rings. The van der Waals surface area contributed by atoms with Crippen LogP contribution in [-0.4, -0.2) is 50.8 Å². The Labute approximate surface area is 150 Å². The van der Waals surface area contributed by atoms with Gasteiger partial charge in [-0.15, -0.1) is 11.3 Å². The fourth-order valence-electron chi connectivity index (χ4n) is 3.35. The van der Waals surface area contributed by atoms with E-state index in [0.29, 0.717) is 24.1 Å². The maximum atomic E-state index is 12.3. The van der Waals surface area contributed by atoms with Gasteiger partial charge >= 0.3 is 6.03 Å². The third kappa shape index (κ3) is 3.82. The Balaban J connectivity index is 1.24. The summed E-state index contributed by atoms with van der Waals surface area (Å²) in [7, 11) is 0. The molecule has 0 aliphatic carbocycles. The fourth-order valence-corrected chi connectivity index (χ4v) is 4.16. The molecule has 0 aromatic carbocycles. The van der Waals surface area contributed by atoms with Gasteiger partial charge < -0.3 is 15.0 Å². The van der Waals surface area contributed by atoms with Crippen molar-refractivity contribution in [3.63, 3.8) is 0 Å². The number of aromatic amines is 1. The largest absolute Gasteiger partial charge is 0.370 e. The number of ether oxygens (including phenoxy) is 1. The van der Waals surface area contributed by atoms with Crippen molar-refractivity contribution in [1.82, 2.24) is 30.4 Å². The molecule has 2 aromatic heterocycles. The highest BCUT2D eigenvalue weighted by atomic mass is 32.1. The van der Waals surface area contributed by atoms with Gasteiger partial charge in [-0.3, -0.25) is 5.10 Å². The number of nitrogens with zero attached hydrogens (tertiary/aromatic N) is 4. The summed E-state index contributed by atoms with van der Waals surface area (Å²) < 4.78 is 5.57. The molecule has 25 heavy (non-hydrogen) atoms. The van der Waals surface area contributed by atoms with Crippen molar-refractivity contribution >= 4 is 17.4 Å². The number of carbonyl (C=O) groups is 1. The Morgan fingerprint density at radius 3 is 3.00 bits per heavy atom. The Bertz CT molecular complexity index is 689. The number of H-pyrrole nitrogens is 1. The van der Waals surface area contributed by atoms with E-state index in [0.717, 1.165) is 45.4 Å². The quantitative estimate of drug-likeness (QED) is 0.869. The molecule has 2 amide bonds. The van der Waals surface area contributed by atoms with E-state index in [-0.39, 0.29) is 12.1 Å². The minimum atomic E-state index is -0.0485. The summed E-state index contributed by atoms with van der Waals surface area (Å²) in [5.41, 5.74) is 0. The van der Waals surface area contributed by atoms with Crippen LogP contribution in [0.15, 0.2) is 11.6 Å². The Morgan fingerprint density at radius 1 is 1.40 bits per heavy atom. The van der Waals surface area contributed by atoms with Gasteiger partial charge in [0.25, 0.3) is 0 Å². The summed E-state index contributed by atoms with van der Waals surface area (Å²) in [6.07, 6.45) is 5.77. The second-order valence-electron chi connectivity index (χ2n) is 6.43. The molecular formula is C16H22N6O2S. The van der Waals surface area contributed by atoms with E-state index < -0.39 is 0 Å². The molecule has 0 bridgehead atoms. The zero-order valence-corrected chi connectivity index (χ0v) is 14.8. The summed E-state index contributed by atoms with van der Waals surface area (Å²) in [5, 5.41) is 13.2. The minimum Gasteiger partial charge on any atom is -0.370 e. The van der Waals surface area contributed by atoms with E-state index >= 15 is 0 Å². The highest BCUT2D eigenvalue weighted by molar-refractivity contribution is 7.09. The van der Waals surface area contributed by atoms with Gasteiger partial charge in [-0.25, -0.2) is 14.8 Å². The van der Waals surface area contributed by atoms with E-state index in [9.17, 15) is 4.79 Å². The minimum absolute atomic E-state index is 0.00871. The molecule has 4 rings (SSSR count). The van der Waals surface area contributed by atoms with Gasteiger partial charge in [0.2, 0.25) is 0 Å². The topological polar surface area (TPSA) is 96.0 Å². The van der Waals surface area contributed by atoms with Crippen LogP contribution in [0.4, 0.5) is 4.79 Å². The summed E-state index contributed by atoms with van der Waals surface area (Å²) in [5.74, 6) is 1.83. The van der Waals surface area contributed by atoms with Crippen LogP contribution >= 0.6 is 11.3 Å². The van der Waals surface area contributed by atoms with Crippen molar-refractivity contribution in [3.8, 4) is 0 Å². The lowest BCUT2D eigenvalue weighted by Crippen LogP contribution is -2.43. The second-order valence-corrected chi connectivity index (χ2v) is 7.36. The second kappa shape index (κ2) is 7.49. The third-order valence-electron chi connectivity index (χ3n) is 4.76. The molecule has 1 unspecified atom stereocenters. The first-order valence-electron chi connectivity index (χ1n) is 8.74. The van der Waals surface area contributed by atoms with Crippen LogP contribution in [0.5, 0.6) is 0 Å². The van der Waals surface area contributed by atoms with Gasteiger partial charge in [0.05, 0.1) is 11.6 Å². The van der Waals surface area contributed by atoms with Crippen LogP contribution in [0, 0.1) is 0 Å². The van der Waals surface area contributed by atoms with E-state index in [1.807, 2.05) is 16.5 Å². The molecule has 134 valence electrons. The first-order chi connectivity index (χ1) is 12.3. The maximum Gasteiger partial charge on any atom is 0.317 e. The number of amides is 2. The number of urea groups is 1. The van der Waals surface area contributed by atoms with Gasteiger partial charge in [-0.1, -0.05) is 0 Å².